The molecule has 0 unspecified atom stereocenters. The van der Waals surface area contributed by atoms with E-state index in [1.165, 1.54) is 11.0 Å². The van der Waals surface area contributed by atoms with Gasteiger partial charge in [0.1, 0.15) is 22.8 Å². The standard InChI is InChI=1S/C28H28N2O8/c1-30(2)22-17-10-14-9-16-15(13-5-3-12(11-31)4-6-13)7-8-18(32)20(16)23(33)19(14)25(35)28(17,38)26(36)21(24(22)34)27(29)37/h3-8,14,17,22,31-33,36,38H,9-11H2,1-2H3,(H2,29,37)/t14-,17-,22-,28-/m1/s1. The molecule has 0 radical (unpaired) electrons. The van der Waals surface area contributed by atoms with Crippen LogP contribution in [0.5, 0.6) is 5.75 Å². The number of carbonyl (C=O) groups excluding carboxylic acids is 3. The van der Waals surface area contributed by atoms with Crippen LogP contribution in [-0.2, 0) is 27.4 Å². The summed E-state index contributed by atoms with van der Waals surface area (Å²) in [6.07, 6.45) is 0.213. The molecule has 0 bridgehead atoms. The maximum absolute atomic E-state index is 13.9. The van der Waals surface area contributed by atoms with Gasteiger partial charge in [-0.05, 0) is 61.2 Å². The number of aromatic hydroxyl groups is 1. The minimum Gasteiger partial charge on any atom is -0.508 e. The quantitative estimate of drug-likeness (QED) is 0.322. The molecule has 1 saturated carbocycles. The largest absolute Gasteiger partial charge is 0.508 e. The van der Waals surface area contributed by atoms with E-state index in [4.69, 9.17) is 5.73 Å². The number of Topliss-reactive ketones (excluding diaryl/α,β-unsaturated/α-hetero) is 2. The topological polar surface area (TPSA) is 182 Å². The number of phenols is 1. The lowest BCUT2D eigenvalue weighted by molar-refractivity contribution is -0.153. The number of hydrogen-bond acceptors (Lipinski definition) is 9. The van der Waals surface area contributed by atoms with Crippen LogP contribution in [0, 0.1) is 11.8 Å². The van der Waals surface area contributed by atoms with Crippen LogP contribution in [0.15, 0.2) is 53.3 Å². The van der Waals surface area contributed by atoms with Crippen molar-refractivity contribution in [1.29, 1.82) is 0 Å². The van der Waals surface area contributed by atoms with Gasteiger partial charge in [0.15, 0.2) is 11.4 Å². The van der Waals surface area contributed by atoms with E-state index in [0.717, 1.165) is 5.56 Å². The molecule has 10 heteroatoms. The number of aliphatic hydroxyl groups is 4. The van der Waals surface area contributed by atoms with Crippen LogP contribution in [-0.4, -0.2) is 73.6 Å². The molecule has 38 heavy (non-hydrogen) atoms. The van der Waals surface area contributed by atoms with Crippen molar-refractivity contribution in [2.45, 2.75) is 31.1 Å². The highest BCUT2D eigenvalue weighted by molar-refractivity contribution is 6.24. The molecule has 0 heterocycles. The Morgan fingerprint density at radius 1 is 1.08 bits per heavy atom. The van der Waals surface area contributed by atoms with E-state index in [2.05, 4.69) is 0 Å². The molecular formula is C28H28N2O8. The molecule has 0 aromatic heterocycles. The van der Waals surface area contributed by atoms with Crippen LogP contribution in [0.3, 0.4) is 0 Å². The summed E-state index contributed by atoms with van der Waals surface area (Å²) in [5, 5.41) is 54.0. The van der Waals surface area contributed by atoms with E-state index >= 15 is 0 Å². The number of rotatable bonds is 4. The Hall–Kier alpha value is -3.99. The lowest BCUT2D eigenvalue weighted by Gasteiger charge is -2.50. The number of hydrogen-bond donors (Lipinski definition) is 6. The second kappa shape index (κ2) is 8.80. The molecule has 0 saturated heterocycles. The smallest absolute Gasteiger partial charge is 0.255 e. The normalized spacial score (nSPS) is 26.8. The van der Waals surface area contributed by atoms with Gasteiger partial charge in [0.25, 0.3) is 5.91 Å². The van der Waals surface area contributed by atoms with Crippen molar-refractivity contribution < 1.29 is 39.9 Å². The van der Waals surface area contributed by atoms with Crippen LogP contribution in [0.1, 0.15) is 23.1 Å². The molecular weight excluding hydrogens is 492 g/mol. The molecule has 7 N–H and O–H groups in total. The number of benzene rings is 2. The zero-order chi connectivity index (χ0) is 27.7. The van der Waals surface area contributed by atoms with E-state index < -0.39 is 58.0 Å². The van der Waals surface area contributed by atoms with Crippen molar-refractivity contribution in [3.63, 3.8) is 0 Å². The molecule has 5 rings (SSSR count). The summed E-state index contributed by atoms with van der Waals surface area (Å²) < 4.78 is 0. The van der Waals surface area contributed by atoms with Gasteiger partial charge in [0.2, 0.25) is 5.78 Å². The Labute approximate surface area is 217 Å². The molecule has 198 valence electrons. The highest BCUT2D eigenvalue weighted by Crippen LogP contribution is 2.53. The van der Waals surface area contributed by atoms with Crippen LogP contribution >= 0.6 is 0 Å². The van der Waals surface area contributed by atoms with Crippen molar-refractivity contribution in [1.82, 2.24) is 4.90 Å². The summed E-state index contributed by atoms with van der Waals surface area (Å²) in [4.78, 5) is 40.6. The van der Waals surface area contributed by atoms with E-state index in [-0.39, 0.29) is 36.3 Å². The number of carbonyl (C=O) groups is 3. The number of fused-ring (bicyclic) bond motifs is 3. The van der Waals surface area contributed by atoms with E-state index in [9.17, 15) is 39.9 Å². The van der Waals surface area contributed by atoms with Crippen molar-refractivity contribution in [2.24, 2.45) is 17.6 Å². The zero-order valence-corrected chi connectivity index (χ0v) is 20.8. The third-order valence-electron chi connectivity index (χ3n) is 8.05. The molecule has 2 aromatic rings. The van der Waals surface area contributed by atoms with Crippen LogP contribution < -0.4 is 5.73 Å². The Kier molecular flexibility index (Phi) is 5.94. The number of phenolic OH excluding ortho intramolecular Hbond substituents is 1. The molecule has 0 spiro atoms. The Balaban J connectivity index is 1.72. The van der Waals surface area contributed by atoms with Gasteiger partial charge < -0.3 is 31.3 Å². The summed E-state index contributed by atoms with van der Waals surface area (Å²) in [6, 6.07) is 9.06. The zero-order valence-electron chi connectivity index (χ0n) is 20.8. The lowest BCUT2D eigenvalue weighted by Crippen LogP contribution is -2.65. The van der Waals surface area contributed by atoms with Gasteiger partial charge in [-0.15, -0.1) is 0 Å². The fourth-order valence-electron chi connectivity index (χ4n) is 6.30. The predicted molar refractivity (Wildman–Crippen MR) is 136 cm³/mol. The fourth-order valence-corrected chi connectivity index (χ4v) is 6.30. The summed E-state index contributed by atoms with van der Waals surface area (Å²) >= 11 is 0. The van der Waals surface area contributed by atoms with Gasteiger partial charge in [-0.2, -0.15) is 0 Å². The van der Waals surface area contributed by atoms with E-state index in [1.807, 2.05) is 0 Å². The third-order valence-corrected chi connectivity index (χ3v) is 8.05. The Morgan fingerprint density at radius 2 is 1.74 bits per heavy atom. The van der Waals surface area contributed by atoms with Gasteiger partial charge in [0.05, 0.1) is 18.2 Å². The van der Waals surface area contributed by atoms with Crippen molar-refractivity contribution in [2.75, 3.05) is 14.1 Å². The Morgan fingerprint density at radius 3 is 2.32 bits per heavy atom. The molecule has 3 aliphatic rings. The van der Waals surface area contributed by atoms with Crippen LogP contribution in [0.2, 0.25) is 0 Å². The summed E-state index contributed by atoms with van der Waals surface area (Å²) in [5.74, 6) is -6.83. The number of nitrogens with zero attached hydrogens (tertiary/aromatic N) is 1. The number of primary amides is 1. The minimum absolute atomic E-state index is 0.0182. The second-order valence-corrected chi connectivity index (χ2v) is 10.3. The molecule has 0 aliphatic heterocycles. The molecule has 10 nitrogen and oxygen atoms in total. The maximum atomic E-state index is 13.9. The third kappa shape index (κ3) is 3.41. The van der Waals surface area contributed by atoms with E-state index in [1.54, 1.807) is 44.4 Å². The summed E-state index contributed by atoms with van der Waals surface area (Å²) in [7, 11) is 3.11. The first-order valence-corrected chi connectivity index (χ1v) is 12.1. The monoisotopic (exact) mass is 520 g/mol. The van der Waals surface area contributed by atoms with Gasteiger partial charge in [0, 0.05) is 11.5 Å². The first kappa shape index (κ1) is 25.7. The average molecular weight is 521 g/mol. The number of nitrogens with two attached hydrogens (primary N) is 1. The highest BCUT2D eigenvalue weighted by atomic mass is 16.3. The fraction of sp³-hybridized carbons (Fsp3) is 0.321. The van der Waals surface area contributed by atoms with Gasteiger partial charge in [-0.3, -0.25) is 19.3 Å². The molecule has 1 fully saturated rings. The lowest BCUT2D eigenvalue weighted by atomic mass is 9.57. The number of likely N-dealkylation sites (N-methyl/N-ethyl adjacent to an activating group) is 1. The van der Waals surface area contributed by atoms with Gasteiger partial charge >= 0.3 is 0 Å². The molecule has 2 aromatic carbocycles. The Bertz CT molecular complexity index is 1460. The molecule has 1 amide bonds. The first-order chi connectivity index (χ1) is 17.9. The van der Waals surface area contributed by atoms with Gasteiger partial charge in [-0.1, -0.05) is 30.3 Å². The van der Waals surface area contributed by atoms with Crippen molar-refractivity contribution in [3.8, 4) is 16.9 Å². The SMILES string of the molecule is CN(C)[C@H]1C(=O)C(C(N)=O)=C(O)[C@]2(O)C(=O)C3=C(O)c4c(O)ccc(-c5ccc(CO)cc5)c4C[C@@H]3C[C@H]12. The maximum Gasteiger partial charge on any atom is 0.255 e. The van der Waals surface area contributed by atoms with Crippen molar-refractivity contribution in [3.05, 3.63) is 70.0 Å². The van der Waals surface area contributed by atoms with E-state index in [0.29, 0.717) is 16.7 Å². The number of ketones is 2. The molecule has 3 aliphatic carbocycles. The first-order valence-electron chi connectivity index (χ1n) is 12.1. The van der Waals surface area contributed by atoms with Crippen LogP contribution in [0.4, 0.5) is 0 Å². The summed E-state index contributed by atoms with van der Waals surface area (Å²) in [6.45, 7) is -0.125. The number of amides is 1. The van der Waals surface area contributed by atoms with Crippen molar-refractivity contribution >= 4 is 23.2 Å². The van der Waals surface area contributed by atoms with Crippen LogP contribution in [0.25, 0.3) is 16.9 Å². The second-order valence-electron chi connectivity index (χ2n) is 10.3. The number of aliphatic hydroxyl groups excluding tert-OH is 3. The minimum atomic E-state index is -2.67. The summed E-state index contributed by atoms with van der Waals surface area (Å²) in [5.41, 5.74) is 4.42. The highest BCUT2D eigenvalue weighted by Gasteiger charge is 2.64. The molecule has 4 atom stereocenters. The average Bonchev–Trinajstić information content (AvgIpc) is 2.86. The predicted octanol–water partition coefficient (Wildman–Crippen LogP) is 1.12. The van der Waals surface area contributed by atoms with Gasteiger partial charge in [-0.25, -0.2) is 0 Å².